The molecular formula is C17H14O4S2. The van der Waals surface area contributed by atoms with Crippen molar-refractivity contribution in [2.24, 2.45) is 0 Å². The van der Waals surface area contributed by atoms with E-state index in [-0.39, 0.29) is 10.6 Å². The summed E-state index contributed by atoms with van der Waals surface area (Å²) < 4.78 is 35.6. The molecule has 2 aromatic carbocycles. The molecule has 3 rings (SSSR count). The molecule has 0 amide bonds. The van der Waals surface area contributed by atoms with E-state index < -0.39 is 10.1 Å². The molecule has 1 aromatic heterocycles. The van der Waals surface area contributed by atoms with Crippen LogP contribution in [-0.2, 0) is 10.1 Å². The zero-order valence-corrected chi connectivity index (χ0v) is 14.2. The van der Waals surface area contributed by atoms with E-state index >= 15 is 0 Å². The molecule has 3 aromatic rings. The van der Waals surface area contributed by atoms with E-state index in [4.69, 9.17) is 20.8 Å². The van der Waals surface area contributed by atoms with Crippen LogP contribution in [0.5, 0.6) is 5.75 Å². The highest BCUT2D eigenvalue weighted by molar-refractivity contribution is 7.87. The number of benzene rings is 2. The molecular weight excluding hydrogens is 332 g/mol. The summed E-state index contributed by atoms with van der Waals surface area (Å²) in [5, 5.41) is 0.860. The van der Waals surface area contributed by atoms with Crippen LogP contribution in [0.3, 0.4) is 0 Å². The van der Waals surface area contributed by atoms with E-state index in [9.17, 15) is 8.42 Å². The maximum atomic E-state index is 12.3. The Labute approximate surface area is 139 Å². The minimum Gasteiger partial charge on any atom is -0.445 e. The lowest BCUT2D eigenvalue weighted by Crippen LogP contribution is -2.09. The van der Waals surface area contributed by atoms with Gasteiger partial charge in [0, 0.05) is 11.5 Å². The van der Waals surface area contributed by atoms with Crippen molar-refractivity contribution >= 4 is 33.3 Å². The molecule has 0 bridgehead atoms. The fourth-order valence-electron chi connectivity index (χ4n) is 2.24. The Morgan fingerprint density at radius 1 is 1.00 bits per heavy atom. The monoisotopic (exact) mass is 346 g/mol. The van der Waals surface area contributed by atoms with Gasteiger partial charge in [-0.25, -0.2) is 0 Å². The third-order valence-corrected chi connectivity index (χ3v) is 4.90. The number of rotatable bonds is 3. The van der Waals surface area contributed by atoms with E-state index in [2.05, 4.69) is 0 Å². The fourth-order valence-corrected chi connectivity index (χ4v) is 3.43. The van der Waals surface area contributed by atoms with Crippen LogP contribution in [-0.4, -0.2) is 8.42 Å². The van der Waals surface area contributed by atoms with Crippen LogP contribution < -0.4 is 4.18 Å². The SMILES string of the molecule is Cc1ccc(S(=O)(=O)Oc2ccc3c(C)cc(=S)oc3c2)cc1. The van der Waals surface area contributed by atoms with Crippen LogP contribution in [0, 0.1) is 18.6 Å². The largest absolute Gasteiger partial charge is 0.445 e. The first-order valence-corrected chi connectivity index (χ1v) is 8.72. The zero-order chi connectivity index (χ0) is 16.6. The number of fused-ring (bicyclic) bond motifs is 1. The molecule has 0 aliphatic carbocycles. The van der Waals surface area contributed by atoms with Gasteiger partial charge in [0.05, 0.1) is 0 Å². The van der Waals surface area contributed by atoms with Gasteiger partial charge in [-0.3, -0.25) is 0 Å². The standard InChI is InChI=1S/C17H14O4S2/c1-11-3-6-14(7-4-11)23(18,19)21-13-5-8-15-12(2)9-17(22)20-16(15)10-13/h3-10H,1-2H3. The molecule has 0 spiro atoms. The first kappa shape index (κ1) is 15.7. The van der Waals surface area contributed by atoms with Gasteiger partial charge in [-0.1, -0.05) is 17.7 Å². The van der Waals surface area contributed by atoms with Gasteiger partial charge in [0.15, 0.2) is 4.71 Å². The average Bonchev–Trinajstić information content (AvgIpc) is 2.46. The molecule has 0 atom stereocenters. The first-order chi connectivity index (χ1) is 10.8. The Morgan fingerprint density at radius 3 is 2.39 bits per heavy atom. The summed E-state index contributed by atoms with van der Waals surface area (Å²) in [7, 11) is -3.89. The minimum atomic E-state index is -3.89. The van der Waals surface area contributed by atoms with Crippen LogP contribution >= 0.6 is 12.2 Å². The highest BCUT2D eigenvalue weighted by Gasteiger charge is 2.17. The summed E-state index contributed by atoms with van der Waals surface area (Å²) in [6, 6.07) is 13.1. The molecule has 0 saturated carbocycles. The molecule has 0 unspecified atom stereocenters. The maximum absolute atomic E-state index is 12.3. The molecule has 0 radical (unpaired) electrons. The minimum absolute atomic E-state index is 0.105. The van der Waals surface area contributed by atoms with Crippen LogP contribution in [0.2, 0.25) is 0 Å². The second kappa shape index (κ2) is 5.79. The topological polar surface area (TPSA) is 56.5 Å². The van der Waals surface area contributed by atoms with Gasteiger partial charge in [-0.15, -0.1) is 0 Å². The van der Waals surface area contributed by atoms with Gasteiger partial charge in [0.1, 0.15) is 16.2 Å². The van der Waals surface area contributed by atoms with Gasteiger partial charge in [0.2, 0.25) is 0 Å². The molecule has 0 saturated heterocycles. The Hall–Kier alpha value is -2.18. The van der Waals surface area contributed by atoms with Crippen LogP contribution in [0.15, 0.2) is 57.8 Å². The van der Waals surface area contributed by atoms with Gasteiger partial charge in [-0.05, 0) is 62.0 Å². The Kier molecular flexibility index (Phi) is 3.95. The summed E-state index contributed by atoms with van der Waals surface area (Å²) in [6.45, 7) is 3.80. The zero-order valence-electron chi connectivity index (χ0n) is 12.6. The number of aryl methyl sites for hydroxylation is 2. The summed E-state index contributed by atoms with van der Waals surface area (Å²) in [4.78, 5) is 0.105. The second-order valence-corrected chi connectivity index (χ2v) is 7.21. The van der Waals surface area contributed by atoms with Gasteiger partial charge in [0.25, 0.3) is 0 Å². The van der Waals surface area contributed by atoms with Crippen molar-refractivity contribution in [3.8, 4) is 5.75 Å². The second-order valence-electron chi connectivity index (χ2n) is 5.26. The maximum Gasteiger partial charge on any atom is 0.339 e. The van der Waals surface area contributed by atoms with Crippen molar-refractivity contribution in [1.82, 2.24) is 0 Å². The van der Waals surface area contributed by atoms with E-state index in [1.165, 1.54) is 18.2 Å². The smallest absolute Gasteiger partial charge is 0.339 e. The summed E-state index contributed by atoms with van der Waals surface area (Å²) >= 11 is 5.04. The van der Waals surface area contributed by atoms with Crippen molar-refractivity contribution < 1.29 is 17.0 Å². The van der Waals surface area contributed by atoms with Crippen LogP contribution in [0.25, 0.3) is 11.0 Å². The van der Waals surface area contributed by atoms with E-state index in [0.29, 0.717) is 10.3 Å². The molecule has 0 aliphatic rings. The molecule has 6 heteroatoms. The normalized spacial score (nSPS) is 11.6. The Morgan fingerprint density at radius 2 is 1.70 bits per heavy atom. The van der Waals surface area contributed by atoms with Gasteiger partial charge >= 0.3 is 10.1 Å². The van der Waals surface area contributed by atoms with Crippen molar-refractivity contribution in [2.45, 2.75) is 18.7 Å². The molecule has 23 heavy (non-hydrogen) atoms. The fraction of sp³-hybridized carbons (Fsp3) is 0.118. The molecule has 1 heterocycles. The van der Waals surface area contributed by atoms with Crippen molar-refractivity contribution in [2.75, 3.05) is 0 Å². The summed E-state index contributed by atoms with van der Waals surface area (Å²) in [5.74, 6) is 0.182. The van der Waals surface area contributed by atoms with E-state index in [1.54, 1.807) is 30.3 Å². The van der Waals surface area contributed by atoms with Crippen molar-refractivity contribution in [1.29, 1.82) is 0 Å². The Bertz CT molecular complexity index is 1030. The highest BCUT2D eigenvalue weighted by atomic mass is 32.2. The van der Waals surface area contributed by atoms with E-state index in [0.717, 1.165) is 16.5 Å². The number of hydrogen-bond acceptors (Lipinski definition) is 5. The van der Waals surface area contributed by atoms with Crippen molar-refractivity contribution in [3.05, 3.63) is 64.4 Å². The predicted molar refractivity (Wildman–Crippen MR) is 90.8 cm³/mol. The van der Waals surface area contributed by atoms with E-state index in [1.807, 2.05) is 13.8 Å². The molecule has 0 aliphatic heterocycles. The third-order valence-electron chi connectivity index (χ3n) is 3.44. The highest BCUT2D eigenvalue weighted by Crippen LogP contribution is 2.26. The molecule has 118 valence electrons. The average molecular weight is 346 g/mol. The lowest BCUT2D eigenvalue weighted by molar-refractivity contribution is 0.485. The molecule has 0 N–H and O–H groups in total. The predicted octanol–water partition coefficient (Wildman–Crippen LogP) is 4.55. The Balaban J connectivity index is 2.01. The number of hydrogen-bond donors (Lipinski definition) is 0. The lowest BCUT2D eigenvalue weighted by atomic mass is 10.1. The third kappa shape index (κ3) is 3.28. The van der Waals surface area contributed by atoms with Crippen LogP contribution in [0.4, 0.5) is 0 Å². The van der Waals surface area contributed by atoms with Gasteiger partial charge < -0.3 is 8.60 Å². The van der Waals surface area contributed by atoms with Crippen LogP contribution in [0.1, 0.15) is 11.1 Å². The lowest BCUT2D eigenvalue weighted by Gasteiger charge is -2.08. The van der Waals surface area contributed by atoms with Gasteiger partial charge in [-0.2, -0.15) is 8.42 Å². The molecule has 4 nitrogen and oxygen atoms in total. The summed E-state index contributed by atoms with van der Waals surface area (Å²) in [6.07, 6.45) is 0. The summed E-state index contributed by atoms with van der Waals surface area (Å²) in [5.41, 5.74) is 2.43. The quantitative estimate of drug-likeness (QED) is 0.514. The van der Waals surface area contributed by atoms with Crippen molar-refractivity contribution in [3.63, 3.8) is 0 Å². The molecule has 0 fully saturated rings. The first-order valence-electron chi connectivity index (χ1n) is 6.91.